The molecule has 0 saturated carbocycles. The number of Topliss-reactive ketones (excluding diaryl/α,β-unsaturated/α-hetero) is 1. The van der Waals surface area contributed by atoms with Crippen molar-refractivity contribution in [1.82, 2.24) is 9.80 Å². The molecule has 1 fully saturated rings. The lowest BCUT2D eigenvalue weighted by molar-refractivity contribution is -0.145. The molecule has 17 heavy (non-hydrogen) atoms. The fourth-order valence-electron chi connectivity index (χ4n) is 1.80. The number of rotatable bonds is 6. The Morgan fingerprint density at radius 2 is 1.82 bits per heavy atom. The smallest absolute Gasteiger partial charge is 0.313 e. The lowest BCUT2D eigenvalue weighted by Crippen LogP contribution is -2.44. The monoisotopic (exact) mass is 242 g/mol. The summed E-state index contributed by atoms with van der Waals surface area (Å²) in [5, 5.41) is 0. The molecule has 0 N–H and O–H groups in total. The van der Waals surface area contributed by atoms with Crippen LogP contribution in [-0.2, 0) is 14.3 Å². The molecule has 0 aliphatic carbocycles. The van der Waals surface area contributed by atoms with Gasteiger partial charge in [-0.15, -0.1) is 0 Å². The van der Waals surface area contributed by atoms with Crippen LogP contribution in [0.25, 0.3) is 0 Å². The summed E-state index contributed by atoms with van der Waals surface area (Å²) >= 11 is 0. The minimum absolute atomic E-state index is 0.103. The molecule has 0 radical (unpaired) electrons. The molecular weight excluding hydrogens is 220 g/mol. The van der Waals surface area contributed by atoms with Crippen LogP contribution >= 0.6 is 0 Å². The fourth-order valence-corrected chi connectivity index (χ4v) is 1.80. The number of carbonyl (C=O) groups is 2. The van der Waals surface area contributed by atoms with E-state index in [1.165, 1.54) is 6.92 Å². The first-order valence-electron chi connectivity index (χ1n) is 6.14. The van der Waals surface area contributed by atoms with Gasteiger partial charge in [-0.05, 0) is 20.4 Å². The molecule has 0 aromatic rings. The lowest BCUT2D eigenvalue weighted by Gasteiger charge is -2.32. The summed E-state index contributed by atoms with van der Waals surface area (Å²) in [6.45, 7) is 7.13. The van der Waals surface area contributed by atoms with Gasteiger partial charge in [-0.1, -0.05) is 0 Å². The first kappa shape index (κ1) is 14.1. The van der Waals surface area contributed by atoms with Crippen molar-refractivity contribution in [3.63, 3.8) is 0 Å². The normalized spacial score (nSPS) is 18.0. The second-order valence-electron chi connectivity index (χ2n) is 4.60. The Bertz CT molecular complexity index is 260. The van der Waals surface area contributed by atoms with Crippen LogP contribution in [0.15, 0.2) is 0 Å². The molecule has 98 valence electrons. The van der Waals surface area contributed by atoms with E-state index < -0.39 is 5.97 Å². The summed E-state index contributed by atoms with van der Waals surface area (Å²) in [7, 11) is 2.13. The van der Waals surface area contributed by atoms with Crippen molar-refractivity contribution in [2.75, 3.05) is 46.4 Å². The van der Waals surface area contributed by atoms with E-state index in [1.54, 1.807) is 0 Å². The van der Waals surface area contributed by atoms with Crippen LogP contribution in [0.2, 0.25) is 0 Å². The molecule has 0 bridgehead atoms. The minimum atomic E-state index is -0.407. The first-order valence-corrected chi connectivity index (χ1v) is 6.14. The van der Waals surface area contributed by atoms with Crippen LogP contribution < -0.4 is 0 Å². The number of hydrogen-bond donors (Lipinski definition) is 0. The topological polar surface area (TPSA) is 49.9 Å². The van der Waals surface area contributed by atoms with E-state index in [-0.39, 0.29) is 12.2 Å². The van der Waals surface area contributed by atoms with E-state index in [2.05, 4.69) is 16.8 Å². The minimum Gasteiger partial charge on any atom is -0.465 e. The van der Waals surface area contributed by atoms with Gasteiger partial charge in [-0.25, -0.2) is 0 Å². The van der Waals surface area contributed by atoms with Gasteiger partial charge in [0.2, 0.25) is 0 Å². The number of ether oxygens (including phenoxy) is 1. The highest BCUT2D eigenvalue weighted by atomic mass is 16.5. The lowest BCUT2D eigenvalue weighted by atomic mass is 10.3. The average Bonchev–Trinajstić information content (AvgIpc) is 2.26. The standard InChI is InChI=1S/C12H22N2O3/c1-11(15)10-12(16)17-9-3-4-14-7-5-13(2)6-8-14/h3-10H2,1-2H3. The SMILES string of the molecule is CC(=O)CC(=O)OCCCN1CCN(C)CC1. The number of piperazine rings is 1. The van der Waals surface area contributed by atoms with Crippen molar-refractivity contribution in [2.45, 2.75) is 19.8 Å². The Kier molecular flexibility index (Phi) is 6.15. The van der Waals surface area contributed by atoms with Gasteiger partial charge >= 0.3 is 5.97 Å². The quantitative estimate of drug-likeness (QED) is 0.377. The second kappa shape index (κ2) is 7.40. The van der Waals surface area contributed by atoms with Crippen molar-refractivity contribution in [2.24, 2.45) is 0 Å². The molecule has 1 saturated heterocycles. The average molecular weight is 242 g/mol. The van der Waals surface area contributed by atoms with Gasteiger partial charge < -0.3 is 14.5 Å². The van der Waals surface area contributed by atoms with Gasteiger partial charge in [0.25, 0.3) is 0 Å². The second-order valence-corrected chi connectivity index (χ2v) is 4.60. The summed E-state index contributed by atoms with van der Waals surface area (Å²) in [6.07, 6.45) is 0.738. The molecule has 1 rings (SSSR count). The maximum atomic E-state index is 11.1. The van der Waals surface area contributed by atoms with Crippen molar-refractivity contribution in [1.29, 1.82) is 0 Å². The van der Waals surface area contributed by atoms with Gasteiger partial charge in [0, 0.05) is 32.7 Å². The molecule has 0 atom stereocenters. The molecule has 1 heterocycles. The largest absolute Gasteiger partial charge is 0.465 e. The number of carbonyl (C=O) groups excluding carboxylic acids is 2. The number of ketones is 1. The molecule has 1 aliphatic rings. The first-order chi connectivity index (χ1) is 8.08. The van der Waals surface area contributed by atoms with E-state index >= 15 is 0 Å². The molecule has 0 aromatic heterocycles. The molecular formula is C12H22N2O3. The van der Waals surface area contributed by atoms with Crippen LogP contribution in [0, 0.1) is 0 Å². The highest BCUT2D eigenvalue weighted by Crippen LogP contribution is 2.00. The maximum Gasteiger partial charge on any atom is 0.313 e. The van der Waals surface area contributed by atoms with Gasteiger partial charge in [0.15, 0.2) is 0 Å². The van der Waals surface area contributed by atoms with Crippen molar-refractivity contribution in [3.8, 4) is 0 Å². The molecule has 0 amide bonds. The number of likely N-dealkylation sites (N-methyl/N-ethyl adjacent to an activating group) is 1. The third-order valence-corrected chi connectivity index (χ3v) is 2.87. The third kappa shape index (κ3) is 6.38. The van der Waals surface area contributed by atoms with Crippen molar-refractivity contribution in [3.05, 3.63) is 0 Å². The highest BCUT2D eigenvalue weighted by Gasteiger charge is 2.13. The Hall–Kier alpha value is -0.940. The van der Waals surface area contributed by atoms with Gasteiger partial charge in [-0.2, -0.15) is 0 Å². The Morgan fingerprint density at radius 3 is 2.41 bits per heavy atom. The van der Waals surface area contributed by atoms with Crippen LogP contribution in [0.4, 0.5) is 0 Å². The van der Waals surface area contributed by atoms with Crippen LogP contribution in [0.3, 0.4) is 0 Å². The molecule has 0 unspecified atom stereocenters. The molecule has 0 aromatic carbocycles. The Balaban J connectivity index is 2.00. The van der Waals surface area contributed by atoms with Crippen molar-refractivity contribution < 1.29 is 14.3 Å². The zero-order valence-corrected chi connectivity index (χ0v) is 10.8. The predicted molar refractivity (Wildman–Crippen MR) is 64.8 cm³/mol. The van der Waals surface area contributed by atoms with E-state index in [9.17, 15) is 9.59 Å². The fraction of sp³-hybridized carbons (Fsp3) is 0.833. The third-order valence-electron chi connectivity index (χ3n) is 2.87. The summed E-state index contributed by atoms with van der Waals surface area (Å²) in [5.74, 6) is -0.551. The highest BCUT2D eigenvalue weighted by molar-refractivity contribution is 5.94. The zero-order chi connectivity index (χ0) is 12.7. The van der Waals surface area contributed by atoms with Gasteiger partial charge in [-0.3, -0.25) is 9.59 Å². The van der Waals surface area contributed by atoms with Crippen molar-refractivity contribution >= 4 is 11.8 Å². The predicted octanol–water partition coefficient (Wildman–Crippen LogP) is 0.146. The van der Waals surface area contributed by atoms with Gasteiger partial charge in [0.1, 0.15) is 12.2 Å². The van der Waals surface area contributed by atoms with Crippen LogP contribution in [0.5, 0.6) is 0 Å². The zero-order valence-electron chi connectivity index (χ0n) is 10.8. The summed E-state index contributed by atoms with van der Waals surface area (Å²) in [5.41, 5.74) is 0. The van der Waals surface area contributed by atoms with E-state index in [0.29, 0.717) is 6.61 Å². The summed E-state index contributed by atoms with van der Waals surface area (Å²) in [6, 6.07) is 0. The van der Waals surface area contributed by atoms with Crippen LogP contribution in [-0.4, -0.2) is 67.9 Å². The van der Waals surface area contributed by atoms with E-state index in [4.69, 9.17) is 4.74 Å². The van der Waals surface area contributed by atoms with E-state index in [0.717, 1.165) is 39.1 Å². The van der Waals surface area contributed by atoms with Crippen LogP contribution in [0.1, 0.15) is 19.8 Å². The number of nitrogens with zero attached hydrogens (tertiary/aromatic N) is 2. The maximum absolute atomic E-state index is 11.1. The Labute approximate surface area is 103 Å². The number of esters is 1. The molecule has 5 heteroatoms. The molecule has 1 aliphatic heterocycles. The molecule has 5 nitrogen and oxygen atoms in total. The summed E-state index contributed by atoms with van der Waals surface area (Å²) in [4.78, 5) is 26.4. The summed E-state index contributed by atoms with van der Waals surface area (Å²) < 4.78 is 4.97. The van der Waals surface area contributed by atoms with E-state index in [1.807, 2.05) is 0 Å². The number of hydrogen-bond acceptors (Lipinski definition) is 5. The van der Waals surface area contributed by atoms with Gasteiger partial charge in [0.05, 0.1) is 6.61 Å². The molecule has 0 spiro atoms. The Morgan fingerprint density at radius 1 is 1.18 bits per heavy atom.